The van der Waals surface area contributed by atoms with E-state index in [0.29, 0.717) is 18.7 Å². The molecule has 0 aliphatic carbocycles. The topological polar surface area (TPSA) is 80.4 Å². The number of aryl methyl sites for hydroxylation is 3. The first-order chi connectivity index (χ1) is 11.4. The first-order valence-electron chi connectivity index (χ1n) is 8.19. The molecule has 0 spiro atoms. The van der Waals surface area contributed by atoms with Gasteiger partial charge in [0.2, 0.25) is 5.91 Å². The van der Waals surface area contributed by atoms with E-state index in [-0.39, 0.29) is 17.9 Å². The van der Waals surface area contributed by atoms with E-state index in [0.717, 1.165) is 22.0 Å². The van der Waals surface area contributed by atoms with Crippen molar-refractivity contribution in [3.63, 3.8) is 0 Å². The summed E-state index contributed by atoms with van der Waals surface area (Å²) >= 11 is 0. The minimum Gasteiger partial charge on any atom is -0.357 e. The fourth-order valence-corrected chi connectivity index (χ4v) is 3.85. The van der Waals surface area contributed by atoms with Gasteiger partial charge < -0.3 is 20.5 Å². The molecule has 6 heteroatoms. The lowest BCUT2D eigenvalue weighted by atomic mass is 10.1. The molecule has 0 bridgehead atoms. The van der Waals surface area contributed by atoms with Gasteiger partial charge in [0.1, 0.15) is 11.7 Å². The van der Waals surface area contributed by atoms with Gasteiger partial charge in [-0.05, 0) is 31.4 Å². The van der Waals surface area contributed by atoms with E-state index in [2.05, 4.69) is 5.32 Å². The summed E-state index contributed by atoms with van der Waals surface area (Å²) in [5.41, 5.74) is 9.76. The summed E-state index contributed by atoms with van der Waals surface area (Å²) < 4.78 is 1.94. The number of amides is 2. The Morgan fingerprint density at radius 3 is 2.62 bits per heavy atom. The molecular weight excluding hydrogens is 304 g/mol. The second-order valence-corrected chi connectivity index (χ2v) is 6.59. The third-order valence-electron chi connectivity index (χ3n) is 5.01. The number of benzene rings is 1. The lowest BCUT2D eigenvalue weighted by molar-refractivity contribution is -0.124. The summed E-state index contributed by atoms with van der Waals surface area (Å²) in [7, 11) is 3.49. The number of hydrogen-bond donors (Lipinski definition) is 2. The monoisotopic (exact) mass is 328 g/mol. The molecule has 2 atom stereocenters. The number of hydrogen-bond acceptors (Lipinski definition) is 3. The van der Waals surface area contributed by atoms with Crippen LogP contribution in [0, 0.1) is 13.8 Å². The Kier molecular flexibility index (Phi) is 4.09. The van der Waals surface area contributed by atoms with Gasteiger partial charge in [0.25, 0.3) is 5.91 Å². The Labute approximate surface area is 141 Å². The van der Waals surface area contributed by atoms with Crippen LogP contribution in [0.5, 0.6) is 0 Å². The molecular formula is C18H24N4O2. The number of nitrogens with zero attached hydrogens (tertiary/aromatic N) is 2. The average molecular weight is 328 g/mol. The molecule has 1 aromatic heterocycles. The van der Waals surface area contributed by atoms with E-state index < -0.39 is 6.04 Å². The third-order valence-corrected chi connectivity index (χ3v) is 5.01. The molecule has 1 aliphatic heterocycles. The van der Waals surface area contributed by atoms with Crippen molar-refractivity contribution in [3.8, 4) is 0 Å². The predicted molar refractivity (Wildman–Crippen MR) is 93.9 cm³/mol. The summed E-state index contributed by atoms with van der Waals surface area (Å²) in [6, 6.07) is 5.39. The Morgan fingerprint density at radius 1 is 1.29 bits per heavy atom. The van der Waals surface area contributed by atoms with Crippen LogP contribution in [0.15, 0.2) is 18.2 Å². The smallest absolute Gasteiger partial charge is 0.271 e. The zero-order chi connectivity index (χ0) is 17.6. The van der Waals surface area contributed by atoms with E-state index in [1.165, 1.54) is 0 Å². The minimum atomic E-state index is -0.504. The van der Waals surface area contributed by atoms with Crippen molar-refractivity contribution in [2.75, 3.05) is 13.6 Å². The number of rotatable bonds is 2. The Bertz CT molecular complexity index is 824. The lowest BCUT2D eigenvalue weighted by Gasteiger charge is -2.24. The van der Waals surface area contributed by atoms with Crippen molar-refractivity contribution < 1.29 is 9.59 Å². The molecule has 6 nitrogen and oxygen atoms in total. The number of likely N-dealkylation sites (tertiary alicyclic amines) is 1. The van der Waals surface area contributed by atoms with Crippen molar-refractivity contribution in [2.45, 2.75) is 32.4 Å². The van der Waals surface area contributed by atoms with E-state index in [9.17, 15) is 9.59 Å². The maximum atomic E-state index is 13.2. The minimum absolute atomic E-state index is 0.132. The van der Waals surface area contributed by atoms with Crippen LogP contribution in [-0.2, 0) is 11.8 Å². The van der Waals surface area contributed by atoms with Gasteiger partial charge in [0.15, 0.2) is 0 Å². The summed E-state index contributed by atoms with van der Waals surface area (Å²) in [6.07, 6.45) is 0.493. The highest BCUT2D eigenvalue weighted by atomic mass is 16.2. The van der Waals surface area contributed by atoms with Crippen LogP contribution in [0.25, 0.3) is 10.9 Å². The maximum Gasteiger partial charge on any atom is 0.271 e. The van der Waals surface area contributed by atoms with Crippen LogP contribution in [0.4, 0.5) is 0 Å². The maximum absolute atomic E-state index is 13.2. The Balaban J connectivity index is 2.09. The van der Waals surface area contributed by atoms with Crippen molar-refractivity contribution in [3.05, 3.63) is 35.0 Å². The molecule has 2 heterocycles. The van der Waals surface area contributed by atoms with E-state index in [1.807, 2.05) is 43.7 Å². The van der Waals surface area contributed by atoms with Crippen LogP contribution < -0.4 is 11.1 Å². The van der Waals surface area contributed by atoms with Gasteiger partial charge in [-0.1, -0.05) is 18.2 Å². The normalized spacial score (nSPS) is 20.6. The van der Waals surface area contributed by atoms with Crippen LogP contribution in [0.2, 0.25) is 0 Å². The fraction of sp³-hybridized carbons (Fsp3) is 0.444. The molecule has 2 amide bonds. The van der Waals surface area contributed by atoms with Crippen LogP contribution >= 0.6 is 0 Å². The molecule has 1 aliphatic rings. The number of para-hydroxylation sites is 1. The summed E-state index contributed by atoms with van der Waals surface area (Å²) in [6.45, 7) is 4.39. The number of nitrogens with two attached hydrogens (primary N) is 1. The molecule has 3 rings (SSSR count). The Hall–Kier alpha value is -2.34. The highest BCUT2D eigenvalue weighted by Crippen LogP contribution is 2.29. The van der Waals surface area contributed by atoms with Gasteiger partial charge >= 0.3 is 0 Å². The molecule has 2 aromatic rings. The average Bonchev–Trinajstić information content (AvgIpc) is 3.06. The van der Waals surface area contributed by atoms with Crippen LogP contribution in [0.1, 0.15) is 28.0 Å². The van der Waals surface area contributed by atoms with Gasteiger partial charge in [-0.3, -0.25) is 9.59 Å². The summed E-state index contributed by atoms with van der Waals surface area (Å²) in [5, 5.41) is 3.70. The zero-order valence-corrected chi connectivity index (χ0v) is 14.6. The first-order valence-corrected chi connectivity index (χ1v) is 8.19. The number of carbonyl (C=O) groups excluding carboxylic acids is 2. The van der Waals surface area contributed by atoms with E-state index in [1.54, 1.807) is 11.9 Å². The second kappa shape index (κ2) is 5.94. The Morgan fingerprint density at radius 2 is 2.00 bits per heavy atom. The molecule has 128 valence electrons. The molecule has 0 saturated carbocycles. The van der Waals surface area contributed by atoms with Crippen molar-refractivity contribution >= 4 is 22.7 Å². The molecule has 2 unspecified atom stereocenters. The van der Waals surface area contributed by atoms with Gasteiger partial charge in [-0.25, -0.2) is 0 Å². The predicted octanol–water partition coefficient (Wildman–Crippen LogP) is 1.08. The quantitative estimate of drug-likeness (QED) is 0.866. The van der Waals surface area contributed by atoms with E-state index >= 15 is 0 Å². The largest absolute Gasteiger partial charge is 0.357 e. The fourth-order valence-electron chi connectivity index (χ4n) is 3.85. The van der Waals surface area contributed by atoms with Crippen LogP contribution in [-0.4, -0.2) is 47.0 Å². The number of likely N-dealkylation sites (N-methyl/N-ethyl adjacent to an activating group) is 1. The number of carbonyl (C=O) groups is 2. The molecule has 3 N–H and O–H groups in total. The second-order valence-electron chi connectivity index (χ2n) is 6.59. The SMILES string of the molecule is CNC(=O)C1CC(N)CN1C(=O)c1c(C)c2cccc(C)c2n1C. The highest BCUT2D eigenvalue weighted by Gasteiger charge is 2.39. The summed E-state index contributed by atoms with van der Waals surface area (Å²) in [4.78, 5) is 27.0. The number of fused-ring (bicyclic) bond motifs is 1. The van der Waals surface area contributed by atoms with Crippen molar-refractivity contribution in [2.24, 2.45) is 12.8 Å². The zero-order valence-electron chi connectivity index (χ0n) is 14.6. The van der Waals surface area contributed by atoms with E-state index in [4.69, 9.17) is 5.73 Å². The van der Waals surface area contributed by atoms with Crippen LogP contribution in [0.3, 0.4) is 0 Å². The van der Waals surface area contributed by atoms with Crippen molar-refractivity contribution in [1.29, 1.82) is 0 Å². The molecule has 1 fully saturated rings. The number of aromatic nitrogens is 1. The summed E-state index contributed by atoms with van der Waals surface area (Å²) in [5.74, 6) is -0.295. The van der Waals surface area contributed by atoms with Gasteiger partial charge in [-0.15, -0.1) is 0 Å². The lowest BCUT2D eigenvalue weighted by Crippen LogP contribution is -2.45. The van der Waals surface area contributed by atoms with Crippen molar-refractivity contribution in [1.82, 2.24) is 14.8 Å². The molecule has 1 saturated heterocycles. The van der Waals surface area contributed by atoms with Gasteiger partial charge in [0, 0.05) is 32.1 Å². The molecule has 0 radical (unpaired) electrons. The molecule has 24 heavy (non-hydrogen) atoms. The third kappa shape index (κ3) is 2.38. The number of nitrogens with one attached hydrogen (secondary N) is 1. The highest BCUT2D eigenvalue weighted by molar-refractivity contribution is 6.04. The molecule has 1 aromatic carbocycles. The van der Waals surface area contributed by atoms with Gasteiger partial charge in [-0.2, -0.15) is 0 Å². The standard InChI is InChI=1S/C18H24N4O2/c1-10-6-5-7-13-11(2)16(21(4)15(10)13)18(24)22-9-12(19)8-14(22)17(23)20-3/h5-7,12,14H,8-9,19H2,1-4H3,(H,20,23). The first kappa shape index (κ1) is 16.5. The van der Waals surface area contributed by atoms with Gasteiger partial charge in [0.05, 0.1) is 5.52 Å².